The Balaban J connectivity index is 2.39. The topological polar surface area (TPSA) is 55.4 Å². The highest BCUT2D eigenvalue weighted by Crippen LogP contribution is 2.05. The molecule has 1 N–H and O–H groups in total. The van der Waals surface area contributed by atoms with Crippen LogP contribution in [0.5, 0.6) is 0 Å². The van der Waals surface area contributed by atoms with Crippen LogP contribution in [-0.4, -0.2) is 18.0 Å². The zero-order valence-corrected chi connectivity index (χ0v) is 9.40. The highest BCUT2D eigenvalue weighted by Gasteiger charge is 2.11. The van der Waals surface area contributed by atoms with Crippen molar-refractivity contribution in [3.8, 4) is 0 Å². The van der Waals surface area contributed by atoms with Crippen LogP contribution in [0.4, 0.5) is 5.69 Å². The number of rotatable bonds is 4. The molecule has 0 radical (unpaired) electrons. The molecule has 0 saturated heterocycles. The minimum atomic E-state index is -0.511. The molecule has 0 unspecified atom stereocenters. The minimum absolute atomic E-state index is 0.197. The number of carbonyl (C=O) groups excluding carboxylic acids is 2. The Labute approximate surface area is 94.6 Å². The molecule has 4 heteroatoms. The monoisotopic (exact) mass is 221 g/mol. The van der Waals surface area contributed by atoms with E-state index in [-0.39, 0.29) is 18.4 Å². The van der Waals surface area contributed by atoms with Crippen LogP contribution in [0.2, 0.25) is 0 Å². The highest BCUT2D eigenvalue weighted by molar-refractivity contribution is 6.01. The van der Waals surface area contributed by atoms with Gasteiger partial charge < -0.3 is 10.1 Å². The van der Waals surface area contributed by atoms with Crippen molar-refractivity contribution < 1.29 is 14.3 Å². The Kier molecular flexibility index (Phi) is 4.51. The summed E-state index contributed by atoms with van der Waals surface area (Å²) >= 11 is 0. The molecule has 1 amide bonds. The number of benzene rings is 1. The van der Waals surface area contributed by atoms with Crippen LogP contribution >= 0.6 is 0 Å². The van der Waals surface area contributed by atoms with Crippen LogP contribution in [-0.2, 0) is 14.3 Å². The van der Waals surface area contributed by atoms with Crippen LogP contribution in [0.3, 0.4) is 0 Å². The van der Waals surface area contributed by atoms with Crippen LogP contribution in [0.1, 0.15) is 20.3 Å². The maximum absolute atomic E-state index is 11.4. The van der Waals surface area contributed by atoms with E-state index in [4.69, 9.17) is 4.74 Å². The second-order valence-corrected chi connectivity index (χ2v) is 3.63. The summed E-state index contributed by atoms with van der Waals surface area (Å²) < 4.78 is 4.86. The predicted octanol–water partition coefficient (Wildman–Crippen LogP) is 1.97. The first kappa shape index (κ1) is 12.2. The Morgan fingerprint density at radius 1 is 1.25 bits per heavy atom. The van der Waals surface area contributed by atoms with Crippen LogP contribution in [0.25, 0.3) is 0 Å². The van der Waals surface area contributed by atoms with Gasteiger partial charge in [-0.1, -0.05) is 18.2 Å². The minimum Gasteiger partial charge on any atom is -0.463 e. The van der Waals surface area contributed by atoms with Crippen molar-refractivity contribution in [3.63, 3.8) is 0 Å². The van der Waals surface area contributed by atoms with E-state index in [2.05, 4.69) is 5.32 Å². The number of anilines is 1. The van der Waals surface area contributed by atoms with E-state index in [0.29, 0.717) is 5.69 Å². The van der Waals surface area contributed by atoms with Crippen LogP contribution in [0, 0.1) is 0 Å². The number of carbonyl (C=O) groups is 2. The van der Waals surface area contributed by atoms with Gasteiger partial charge in [0.15, 0.2) is 0 Å². The summed E-state index contributed by atoms with van der Waals surface area (Å²) in [7, 11) is 0. The molecule has 0 spiro atoms. The largest absolute Gasteiger partial charge is 0.463 e. The van der Waals surface area contributed by atoms with Crippen molar-refractivity contribution in [1.29, 1.82) is 0 Å². The van der Waals surface area contributed by atoms with Crippen molar-refractivity contribution in [2.75, 3.05) is 5.32 Å². The second kappa shape index (κ2) is 5.90. The smallest absolute Gasteiger partial charge is 0.315 e. The molecule has 0 saturated carbocycles. The average Bonchev–Trinajstić information content (AvgIpc) is 2.17. The number of ether oxygens (including phenoxy) is 1. The SMILES string of the molecule is CC(C)OC(=O)CC(=O)Nc1ccccc1. The summed E-state index contributed by atoms with van der Waals surface area (Å²) in [5.41, 5.74) is 0.671. The fraction of sp³-hybridized carbons (Fsp3) is 0.333. The molecule has 0 fully saturated rings. The summed E-state index contributed by atoms with van der Waals surface area (Å²) in [6, 6.07) is 8.98. The van der Waals surface area contributed by atoms with E-state index in [9.17, 15) is 9.59 Å². The van der Waals surface area contributed by atoms with Gasteiger partial charge in [0.05, 0.1) is 6.10 Å². The summed E-state index contributed by atoms with van der Waals surface area (Å²) in [6.45, 7) is 3.49. The lowest BCUT2D eigenvalue weighted by Gasteiger charge is -2.08. The van der Waals surface area contributed by atoms with Gasteiger partial charge in [-0.05, 0) is 26.0 Å². The van der Waals surface area contributed by atoms with Gasteiger partial charge >= 0.3 is 5.97 Å². The predicted molar refractivity (Wildman–Crippen MR) is 60.9 cm³/mol. The lowest BCUT2D eigenvalue weighted by atomic mass is 10.3. The first-order valence-corrected chi connectivity index (χ1v) is 5.12. The molecule has 0 heterocycles. The Morgan fingerprint density at radius 2 is 1.88 bits per heavy atom. The molecule has 1 aromatic carbocycles. The summed E-state index contributed by atoms with van der Waals surface area (Å²) in [6.07, 6.45) is -0.454. The molecule has 0 aliphatic carbocycles. The first-order valence-electron chi connectivity index (χ1n) is 5.12. The zero-order valence-electron chi connectivity index (χ0n) is 9.40. The standard InChI is InChI=1S/C12H15NO3/c1-9(2)16-12(15)8-11(14)13-10-6-4-3-5-7-10/h3-7,9H,8H2,1-2H3,(H,13,14). The van der Waals surface area contributed by atoms with E-state index >= 15 is 0 Å². The zero-order chi connectivity index (χ0) is 12.0. The molecule has 0 aliphatic rings. The summed E-state index contributed by atoms with van der Waals surface area (Å²) in [5, 5.41) is 2.61. The van der Waals surface area contributed by atoms with E-state index in [0.717, 1.165) is 0 Å². The van der Waals surface area contributed by atoms with Gasteiger partial charge in [-0.2, -0.15) is 0 Å². The Hall–Kier alpha value is -1.84. The molecule has 16 heavy (non-hydrogen) atoms. The van der Waals surface area contributed by atoms with E-state index < -0.39 is 5.97 Å². The van der Waals surface area contributed by atoms with E-state index in [1.807, 2.05) is 18.2 Å². The van der Waals surface area contributed by atoms with E-state index in [1.54, 1.807) is 26.0 Å². The maximum Gasteiger partial charge on any atom is 0.315 e. The van der Waals surface area contributed by atoms with Crippen molar-refractivity contribution in [1.82, 2.24) is 0 Å². The van der Waals surface area contributed by atoms with Gasteiger partial charge in [-0.25, -0.2) is 0 Å². The maximum atomic E-state index is 11.4. The van der Waals surface area contributed by atoms with Gasteiger partial charge in [-0.3, -0.25) is 9.59 Å². The quantitative estimate of drug-likeness (QED) is 0.624. The molecule has 1 aromatic rings. The molecule has 4 nitrogen and oxygen atoms in total. The van der Waals surface area contributed by atoms with Gasteiger partial charge in [-0.15, -0.1) is 0 Å². The Morgan fingerprint density at radius 3 is 2.44 bits per heavy atom. The third-order valence-electron chi connectivity index (χ3n) is 1.73. The molecular formula is C12H15NO3. The van der Waals surface area contributed by atoms with Crippen LogP contribution < -0.4 is 5.32 Å². The van der Waals surface area contributed by atoms with Crippen molar-refractivity contribution in [2.45, 2.75) is 26.4 Å². The normalized spacial score (nSPS) is 9.94. The van der Waals surface area contributed by atoms with Gasteiger partial charge in [0, 0.05) is 5.69 Å². The Bertz CT molecular complexity index is 360. The summed E-state index contributed by atoms with van der Waals surface area (Å²) in [5.74, 6) is -0.875. The second-order valence-electron chi connectivity index (χ2n) is 3.63. The number of hydrogen-bond donors (Lipinski definition) is 1. The fourth-order valence-electron chi connectivity index (χ4n) is 1.16. The first-order chi connectivity index (χ1) is 7.58. The van der Waals surface area contributed by atoms with Crippen LogP contribution in [0.15, 0.2) is 30.3 Å². The molecule has 0 aliphatic heterocycles. The number of esters is 1. The average molecular weight is 221 g/mol. The number of para-hydroxylation sites is 1. The molecular weight excluding hydrogens is 206 g/mol. The molecule has 0 bridgehead atoms. The van der Waals surface area contributed by atoms with E-state index in [1.165, 1.54) is 0 Å². The lowest BCUT2D eigenvalue weighted by molar-refractivity contribution is -0.148. The third kappa shape index (κ3) is 4.59. The van der Waals surface area contributed by atoms with Crippen molar-refractivity contribution in [2.24, 2.45) is 0 Å². The van der Waals surface area contributed by atoms with Gasteiger partial charge in [0.1, 0.15) is 6.42 Å². The summed E-state index contributed by atoms with van der Waals surface area (Å²) in [4.78, 5) is 22.6. The van der Waals surface area contributed by atoms with Crippen molar-refractivity contribution in [3.05, 3.63) is 30.3 Å². The lowest BCUT2D eigenvalue weighted by Crippen LogP contribution is -2.20. The number of hydrogen-bond acceptors (Lipinski definition) is 3. The molecule has 1 rings (SSSR count). The molecule has 0 atom stereocenters. The molecule has 0 aromatic heterocycles. The fourth-order valence-corrected chi connectivity index (χ4v) is 1.16. The van der Waals surface area contributed by atoms with Gasteiger partial charge in [0.25, 0.3) is 0 Å². The highest BCUT2D eigenvalue weighted by atomic mass is 16.5. The third-order valence-corrected chi connectivity index (χ3v) is 1.73. The van der Waals surface area contributed by atoms with Crippen molar-refractivity contribution >= 4 is 17.6 Å². The molecule has 86 valence electrons. The number of nitrogens with one attached hydrogen (secondary N) is 1. The number of amides is 1. The van der Waals surface area contributed by atoms with Gasteiger partial charge in [0.2, 0.25) is 5.91 Å².